The lowest BCUT2D eigenvalue weighted by Crippen LogP contribution is -2.47. The van der Waals surface area contributed by atoms with E-state index in [1.165, 1.54) is 6.92 Å². The van der Waals surface area contributed by atoms with Gasteiger partial charge in [-0.25, -0.2) is 14.4 Å². The van der Waals surface area contributed by atoms with Gasteiger partial charge in [0, 0.05) is 6.42 Å². The molecule has 0 bridgehead atoms. The molecule has 2 amide bonds. The van der Waals surface area contributed by atoms with Crippen molar-refractivity contribution in [1.29, 1.82) is 0 Å². The predicted octanol–water partition coefficient (Wildman–Crippen LogP) is 2.56. The van der Waals surface area contributed by atoms with Crippen molar-refractivity contribution in [3.05, 3.63) is 47.4 Å². The quantitative estimate of drug-likeness (QED) is 0.137. The van der Waals surface area contributed by atoms with Crippen molar-refractivity contribution in [2.75, 3.05) is 13.2 Å². The van der Waals surface area contributed by atoms with E-state index in [2.05, 4.69) is 15.4 Å². The highest BCUT2D eigenvalue weighted by Crippen LogP contribution is 2.14. The van der Waals surface area contributed by atoms with Gasteiger partial charge in [0.2, 0.25) is 17.6 Å². The molecule has 0 saturated heterocycles. The third kappa shape index (κ3) is 10.7. The summed E-state index contributed by atoms with van der Waals surface area (Å²) in [4.78, 5) is 61.9. The van der Waals surface area contributed by atoms with Crippen LogP contribution in [0.15, 0.2) is 41.8 Å². The largest absolute Gasteiger partial charge is 0.460 e. The molecule has 1 rings (SSSR count). The zero-order valence-corrected chi connectivity index (χ0v) is 21.6. The Morgan fingerprint density at radius 2 is 1.47 bits per heavy atom. The van der Waals surface area contributed by atoms with Gasteiger partial charge < -0.3 is 24.8 Å². The second-order valence-electron chi connectivity index (χ2n) is 8.22. The molecule has 0 aliphatic heterocycles. The Balaban J connectivity index is 3.07. The summed E-state index contributed by atoms with van der Waals surface area (Å²) in [6.45, 7) is 8.38. The van der Waals surface area contributed by atoms with Gasteiger partial charge in [-0.2, -0.15) is 0 Å². The summed E-state index contributed by atoms with van der Waals surface area (Å²) in [7, 11) is 0. The summed E-state index contributed by atoms with van der Waals surface area (Å²) < 4.78 is 14.5. The molecule has 0 aromatic heterocycles. The van der Waals surface area contributed by atoms with E-state index in [4.69, 9.17) is 9.47 Å². The van der Waals surface area contributed by atoms with Crippen LogP contribution in [0.2, 0.25) is 0 Å². The number of esters is 3. The first-order chi connectivity index (χ1) is 17.1. The summed E-state index contributed by atoms with van der Waals surface area (Å²) in [5.41, 5.74) is 0.930. The van der Waals surface area contributed by atoms with Crippen LogP contribution in [-0.2, 0) is 44.6 Å². The Bertz CT molecular complexity index is 941. The molecule has 0 aliphatic carbocycles. The Hall–Kier alpha value is -3.69. The lowest BCUT2D eigenvalue weighted by molar-refractivity contribution is -0.167. The minimum absolute atomic E-state index is 0.0301. The van der Waals surface area contributed by atoms with Gasteiger partial charge in [0.25, 0.3) is 0 Å². The van der Waals surface area contributed by atoms with Gasteiger partial charge in [0.05, 0.1) is 18.9 Å². The van der Waals surface area contributed by atoms with Gasteiger partial charge in [-0.05, 0) is 44.6 Å². The minimum Gasteiger partial charge on any atom is -0.460 e. The second kappa shape index (κ2) is 16.1. The van der Waals surface area contributed by atoms with Crippen LogP contribution in [-0.4, -0.2) is 49.0 Å². The first-order valence-corrected chi connectivity index (χ1v) is 12.1. The van der Waals surface area contributed by atoms with Crippen LogP contribution < -0.4 is 10.6 Å². The van der Waals surface area contributed by atoms with Crippen molar-refractivity contribution in [2.45, 2.75) is 66.3 Å². The normalized spacial score (nSPS) is 12.2. The van der Waals surface area contributed by atoms with E-state index in [0.717, 1.165) is 5.56 Å². The van der Waals surface area contributed by atoms with Crippen LogP contribution >= 0.6 is 0 Å². The van der Waals surface area contributed by atoms with E-state index in [1.807, 2.05) is 44.2 Å². The molecule has 10 heteroatoms. The van der Waals surface area contributed by atoms with Crippen LogP contribution in [0.1, 0.15) is 59.4 Å². The van der Waals surface area contributed by atoms with Crippen LogP contribution in [0.3, 0.4) is 0 Å². The molecule has 1 atom stereocenters. The van der Waals surface area contributed by atoms with E-state index < -0.39 is 35.6 Å². The number of rotatable bonds is 13. The maximum Gasteiger partial charge on any atom is 0.423 e. The SMILES string of the molecule is CCOC(=O)C(=O)O/C(C(=O)OCC)=C(/CC)NC(=O)[C@H](CC(C)C)NC(=O)CCc1ccccc1. The van der Waals surface area contributed by atoms with Gasteiger partial charge in [0.15, 0.2) is 0 Å². The van der Waals surface area contributed by atoms with Gasteiger partial charge in [-0.3, -0.25) is 9.59 Å². The molecule has 0 unspecified atom stereocenters. The molecule has 0 aliphatic rings. The van der Waals surface area contributed by atoms with Gasteiger partial charge >= 0.3 is 17.9 Å². The molecule has 36 heavy (non-hydrogen) atoms. The Morgan fingerprint density at radius 3 is 2.03 bits per heavy atom. The molecule has 1 aromatic carbocycles. The average Bonchev–Trinajstić information content (AvgIpc) is 2.84. The average molecular weight is 505 g/mol. The number of ether oxygens (including phenoxy) is 3. The third-order valence-corrected chi connectivity index (χ3v) is 4.84. The number of hydrogen-bond donors (Lipinski definition) is 2. The first kappa shape index (κ1) is 30.3. The fourth-order valence-electron chi connectivity index (χ4n) is 3.16. The zero-order valence-electron chi connectivity index (χ0n) is 21.6. The zero-order chi connectivity index (χ0) is 27.1. The monoisotopic (exact) mass is 504 g/mol. The summed E-state index contributed by atoms with van der Waals surface area (Å²) in [5.74, 6) is -5.19. The maximum atomic E-state index is 13.1. The maximum absolute atomic E-state index is 13.1. The first-order valence-electron chi connectivity index (χ1n) is 12.1. The summed E-state index contributed by atoms with van der Waals surface area (Å²) in [5, 5.41) is 5.31. The van der Waals surface area contributed by atoms with Gasteiger partial charge in [-0.15, -0.1) is 0 Å². The number of benzene rings is 1. The van der Waals surface area contributed by atoms with E-state index in [0.29, 0.717) is 12.8 Å². The minimum atomic E-state index is -1.42. The molecule has 2 N–H and O–H groups in total. The van der Waals surface area contributed by atoms with Crippen molar-refractivity contribution in [3.63, 3.8) is 0 Å². The highest BCUT2D eigenvalue weighted by atomic mass is 16.6. The van der Waals surface area contributed by atoms with Crippen molar-refractivity contribution in [1.82, 2.24) is 10.6 Å². The standard InChI is InChI=1S/C26H36N2O8/c1-6-19(22(24(31)34-7-2)36-26(33)25(32)35-8-3)28-23(30)20(16-17(4)5)27-21(29)15-14-18-12-10-9-11-13-18/h9-13,17,20H,6-8,14-16H2,1-5H3,(H,27,29)(H,28,30)/b22-19-/t20-/m0/s1. The van der Waals surface area contributed by atoms with E-state index in [1.54, 1.807) is 13.8 Å². The number of nitrogens with one attached hydrogen (secondary N) is 2. The van der Waals surface area contributed by atoms with E-state index >= 15 is 0 Å². The smallest absolute Gasteiger partial charge is 0.423 e. The Morgan fingerprint density at radius 1 is 0.861 bits per heavy atom. The second-order valence-corrected chi connectivity index (χ2v) is 8.22. The number of carbonyl (C=O) groups excluding carboxylic acids is 5. The number of amides is 2. The topological polar surface area (TPSA) is 137 Å². The molecule has 198 valence electrons. The number of hydrogen-bond acceptors (Lipinski definition) is 8. The number of aryl methyl sites for hydroxylation is 1. The van der Waals surface area contributed by atoms with E-state index in [-0.39, 0.29) is 43.6 Å². The van der Waals surface area contributed by atoms with Crippen LogP contribution in [0.25, 0.3) is 0 Å². The molecule has 0 heterocycles. The fourth-order valence-corrected chi connectivity index (χ4v) is 3.16. The van der Waals surface area contributed by atoms with Crippen molar-refractivity contribution < 1.29 is 38.2 Å². The molecule has 10 nitrogen and oxygen atoms in total. The van der Waals surface area contributed by atoms with Crippen LogP contribution in [0.5, 0.6) is 0 Å². The third-order valence-electron chi connectivity index (χ3n) is 4.84. The molecule has 0 spiro atoms. The predicted molar refractivity (Wildman–Crippen MR) is 131 cm³/mol. The summed E-state index contributed by atoms with van der Waals surface area (Å²) >= 11 is 0. The summed E-state index contributed by atoms with van der Waals surface area (Å²) in [6.07, 6.45) is 1.09. The van der Waals surface area contributed by atoms with Gasteiger partial charge in [-0.1, -0.05) is 51.1 Å². The number of carbonyl (C=O) groups is 5. The van der Waals surface area contributed by atoms with Crippen molar-refractivity contribution >= 4 is 29.7 Å². The Kier molecular flexibility index (Phi) is 13.5. The van der Waals surface area contributed by atoms with Crippen LogP contribution in [0.4, 0.5) is 0 Å². The Labute approximate surface area is 211 Å². The lowest BCUT2D eigenvalue weighted by atomic mass is 10.0. The summed E-state index contributed by atoms with van der Waals surface area (Å²) in [6, 6.07) is 8.59. The van der Waals surface area contributed by atoms with Crippen molar-refractivity contribution in [2.24, 2.45) is 5.92 Å². The fraction of sp³-hybridized carbons (Fsp3) is 0.500. The number of allylic oxidation sites excluding steroid dienone is 1. The molecule has 0 radical (unpaired) electrons. The van der Waals surface area contributed by atoms with Gasteiger partial charge in [0.1, 0.15) is 6.04 Å². The van der Waals surface area contributed by atoms with E-state index in [9.17, 15) is 24.0 Å². The molecule has 0 saturated carbocycles. The molecule has 1 aromatic rings. The molecular formula is C26H36N2O8. The van der Waals surface area contributed by atoms with Crippen molar-refractivity contribution in [3.8, 4) is 0 Å². The molecule has 0 fully saturated rings. The van der Waals surface area contributed by atoms with Crippen LogP contribution in [0, 0.1) is 5.92 Å². The molecular weight excluding hydrogens is 468 g/mol. The highest BCUT2D eigenvalue weighted by Gasteiger charge is 2.29. The lowest BCUT2D eigenvalue weighted by Gasteiger charge is -2.22. The highest BCUT2D eigenvalue weighted by molar-refractivity contribution is 6.30.